The van der Waals surface area contributed by atoms with Crippen molar-refractivity contribution in [2.24, 2.45) is 5.92 Å². The number of alkyl halides is 3. The molecule has 1 aliphatic rings. The van der Waals surface area contributed by atoms with Crippen LogP contribution < -0.4 is 5.32 Å². The Morgan fingerprint density at radius 1 is 1.30 bits per heavy atom. The van der Waals surface area contributed by atoms with Crippen LogP contribution in [-0.4, -0.2) is 56.1 Å². The minimum absolute atomic E-state index is 0.0373. The molecule has 1 aliphatic heterocycles. The average molecular weight is 426 g/mol. The van der Waals surface area contributed by atoms with Crippen molar-refractivity contribution < 1.29 is 18.0 Å². The van der Waals surface area contributed by atoms with E-state index in [9.17, 15) is 18.0 Å². The fraction of sp³-hybridized carbons (Fsp3) is 0.700. The number of likely N-dealkylation sites (tertiary alicyclic amines) is 1. The lowest BCUT2D eigenvalue weighted by atomic mass is 10.00. The van der Waals surface area contributed by atoms with E-state index in [4.69, 9.17) is 0 Å². The van der Waals surface area contributed by atoms with Crippen LogP contribution in [0.1, 0.15) is 55.9 Å². The zero-order valence-corrected chi connectivity index (χ0v) is 17.9. The van der Waals surface area contributed by atoms with Gasteiger partial charge in [0.2, 0.25) is 5.91 Å². The van der Waals surface area contributed by atoms with Crippen LogP contribution in [0.2, 0.25) is 0 Å². The van der Waals surface area contributed by atoms with Crippen molar-refractivity contribution in [3.8, 4) is 0 Å². The maximum absolute atomic E-state index is 12.9. The number of halogens is 3. The Labute approximate surface area is 174 Å². The maximum atomic E-state index is 12.9. The first-order valence-electron chi connectivity index (χ1n) is 10.4. The SMILES string of the molecule is Cc1nc2nc(C(F)(F)F)nn2c(C)c1CCC(=O)NC(C)CN1CCCC(C)C1. The Hall–Kier alpha value is -2.23. The number of amides is 1. The number of hydrogen-bond acceptors (Lipinski definition) is 5. The summed E-state index contributed by atoms with van der Waals surface area (Å²) in [6.45, 7) is 10.6. The van der Waals surface area contributed by atoms with Crippen LogP contribution in [0.3, 0.4) is 0 Å². The summed E-state index contributed by atoms with van der Waals surface area (Å²) in [4.78, 5) is 22.4. The van der Waals surface area contributed by atoms with Gasteiger partial charge in [-0.2, -0.15) is 18.2 Å². The second kappa shape index (κ2) is 8.87. The van der Waals surface area contributed by atoms with Gasteiger partial charge in [0.05, 0.1) is 0 Å². The van der Waals surface area contributed by atoms with E-state index in [0.29, 0.717) is 29.3 Å². The van der Waals surface area contributed by atoms with Gasteiger partial charge in [0.25, 0.3) is 11.6 Å². The second-order valence-corrected chi connectivity index (χ2v) is 8.38. The van der Waals surface area contributed by atoms with E-state index < -0.39 is 12.0 Å². The van der Waals surface area contributed by atoms with Gasteiger partial charge in [0.15, 0.2) is 0 Å². The molecule has 1 N–H and O–H groups in total. The van der Waals surface area contributed by atoms with Gasteiger partial charge in [0.1, 0.15) is 0 Å². The number of aryl methyl sites for hydroxylation is 2. The number of nitrogens with one attached hydrogen (secondary N) is 1. The number of fused-ring (bicyclic) bond motifs is 1. The Morgan fingerprint density at radius 2 is 2.03 bits per heavy atom. The van der Waals surface area contributed by atoms with E-state index in [1.54, 1.807) is 13.8 Å². The zero-order valence-electron chi connectivity index (χ0n) is 17.9. The summed E-state index contributed by atoms with van der Waals surface area (Å²) >= 11 is 0. The van der Waals surface area contributed by atoms with Gasteiger partial charge < -0.3 is 10.2 Å². The molecule has 1 saturated heterocycles. The molecule has 2 atom stereocenters. The summed E-state index contributed by atoms with van der Waals surface area (Å²) in [5.41, 5.74) is 1.79. The Balaban J connectivity index is 1.61. The Bertz CT molecular complexity index is 910. The first-order chi connectivity index (χ1) is 14.0. The van der Waals surface area contributed by atoms with E-state index in [-0.39, 0.29) is 24.1 Å². The van der Waals surface area contributed by atoms with Gasteiger partial charge in [-0.3, -0.25) is 4.79 Å². The van der Waals surface area contributed by atoms with Crippen LogP contribution in [0.4, 0.5) is 13.2 Å². The van der Waals surface area contributed by atoms with Crippen molar-refractivity contribution >= 4 is 11.7 Å². The standard InChI is InChI=1S/C20H29F3N6O/c1-12-6-5-9-28(10-12)11-13(2)24-17(30)8-7-16-14(3)25-19-26-18(20(21,22)23)27-29(19)15(16)4/h12-13H,5-11H2,1-4H3,(H,24,30). The van der Waals surface area contributed by atoms with Gasteiger partial charge >= 0.3 is 6.18 Å². The minimum Gasteiger partial charge on any atom is -0.352 e. The molecule has 0 aliphatic carbocycles. The third kappa shape index (κ3) is 5.27. The molecule has 166 valence electrons. The topological polar surface area (TPSA) is 75.4 Å². The molecule has 3 heterocycles. The van der Waals surface area contributed by atoms with Crippen molar-refractivity contribution in [2.45, 2.75) is 65.6 Å². The van der Waals surface area contributed by atoms with E-state index in [1.807, 2.05) is 6.92 Å². The summed E-state index contributed by atoms with van der Waals surface area (Å²) in [5.74, 6) is -0.700. The molecule has 1 fully saturated rings. The minimum atomic E-state index is -4.63. The van der Waals surface area contributed by atoms with E-state index in [1.165, 1.54) is 12.8 Å². The summed E-state index contributed by atoms with van der Waals surface area (Å²) in [6.07, 6.45) is -1.58. The Kier molecular flexibility index (Phi) is 6.64. The predicted octanol–water partition coefficient (Wildman–Crippen LogP) is 2.93. The average Bonchev–Trinajstić information content (AvgIpc) is 3.06. The number of rotatable bonds is 6. The van der Waals surface area contributed by atoms with Crippen molar-refractivity contribution in [2.75, 3.05) is 19.6 Å². The second-order valence-electron chi connectivity index (χ2n) is 8.38. The van der Waals surface area contributed by atoms with Crippen LogP contribution in [0.15, 0.2) is 0 Å². The molecular formula is C20H29F3N6O. The molecule has 10 heteroatoms. The fourth-order valence-electron chi connectivity index (χ4n) is 4.16. The molecular weight excluding hydrogens is 397 g/mol. The number of piperidine rings is 1. The molecule has 7 nitrogen and oxygen atoms in total. The molecule has 2 unspecified atom stereocenters. The lowest BCUT2D eigenvalue weighted by Crippen LogP contribution is -2.45. The number of nitrogens with zero attached hydrogens (tertiary/aromatic N) is 5. The third-order valence-electron chi connectivity index (χ3n) is 5.59. The molecule has 2 aromatic rings. The van der Waals surface area contributed by atoms with Gasteiger partial charge in [-0.1, -0.05) is 6.92 Å². The van der Waals surface area contributed by atoms with Gasteiger partial charge in [-0.05, 0) is 58.1 Å². The number of hydrogen-bond donors (Lipinski definition) is 1. The monoisotopic (exact) mass is 426 g/mol. The van der Waals surface area contributed by atoms with E-state index in [2.05, 4.69) is 32.2 Å². The predicted molar refractivity (Wildman–Crippen MR) is 106 cm³/mol. The summed E-state index contributed by atoms with van der Waals surface area (Å²) in [6, 6.07) is 0.0373. The van der Waals surface area contributed by atoms with Crippen molar-refractivity contribution in [1.82, 2.24) is 29.8 Å². The highest BCUT2D eigenvalue weighted by Crippen LogP contribution is 2.27. The molecule has 0 bridgehead atoms. The van der Waals surface area contributed by atoms with Crippen molar-refractivity contribution in [1.29, 1.82) is 0 Å². The van der Waals surface area contributed by atoms with Crippen molar-refractivity contribution in [3.63, 3.8) is 0 Å². The first kappa shape index (κ1) is 22.5. The van der Waals surface area contributed by atoms with Crippen molar-refractivity contribution in [3.05, 3.63) is 22.8 Å². The first-order valence-corrected chi connectivity index (χ1v) is 10.4. The molecule has 2 aromatic heterocycles. The van der Waals surface area contributed by atoms with Gasteiger partial charge in [-0.25, -0.2) is 9.50 Å². The van der Waals surface area contributed by atoms with Crippen LogP contribution >= 0.6 is 0 Å². The molecule has 0 saturated carbocycles. The molecule has 3 rings (SSSR count). The summed E-state index contributed by atoms with van der Waals surface area (Å²) < 4.78 is 39.8. The highest BCUT2D eigenvalue weighted by atomic mass is 19.4. The third-order valence-corrected chi connectivity index (χ3v) is 5.59. The molecule has 30 heavy (non-hydrogen) atoms. The highest BCUT2D eigenvalue weighted by molar-refractivity contribution is 5.76. The summed E-state index contributed by atoms with van der Waals surface area (Å²) in [5, 5.41) is 6.57. The van der Waals surface area contributed by atoms with E-state index in [0.717, 1.165) is 24.1 Å². The smallest absolute Gasteiger partial charge is 0.352 e. The maximum Gasteiger partial charge on any atom is 0.453 e. The van der Waals surface area contributed by atoms with Crippen LogP contribution in [-0.2, 0) is 17.4 Å². The lowest BCUT2D eigenvalue weighted by molar-refractivity contribution is -0.144. The molecule has 0 radical (unpaired) electrons. The largest absolute Gasteiger partial charge is 0.453 e. The molecule has 1 amide bonds. The van der Waals surface area contributed by atoms with Crippen LogP contribution in [0, 0.1) is 19.8 Å². The van der Waals surface area contributed by atoms with Crippen LogP contribution in [0.25, 0.3) is 5.78 Å². The number of carbonyl (C=O) groups is 1. The highest BCUT2D eigenvalue weighted by Gasteiger charge is 2.37. The van der Waals surface area contributed by atoms with Crippen LogP contribution in [0.5, 0.6) is 0 Å². The fourth-order valence-corrected chi connectivity index (χ4v) is 4.16. The normalized spacial score (nSPS) is 19.2. The molecule has 0 spiro atoms. The lowest BCUT2D eigenvalue weighted by Gasteiger charge is -2.32. The number of carbonyl (C=O) groups excluding carboxylic acids is 1. The number of aromatic nitrogens is 4. The van der Waals surface area contributed by atoms with Gasteiger partial charge in [0, 0.05) is 36.9 Å². The molecule has 0 aromatic carbocycles. The summed E-state index contributed by atoms with van der Waals surface area (Å²) in [7, 11) is 0. The quantitative estimate of drug-likeness (QED) is 0.769. The zero-order chi connectivity index (χ0) is 22.1. The van der Waals surface area contributed by atoms with E-state index >= 15 is 0 Å². The van der Waals surface area contributed by atoms with Gasteiger partial charge in [-0.15, -0.1) is 5.10 Å². The Morgan fingerprint density at radius 3 is 2.70 bits per heavy atom.